The first-order valence-electron chi connectivity index (χ1n) is 12.0. The average molecular weight is 528 g/mol. The molecule has 1 unspecified atom stereocenters. The standard InChI is InChI=1S/C26H27F6N3O2/c1-17(18-11-20(25(27,28)29)13-21(12-18)26(30,31)32)37-16-24(19-5-3-2-4-6-19)9-8-23(14-33,15-34-24)35-10-7-22(35)36/h2-5,11-13,17,19,34H,6-10,15-16H2,1H3/t17-,19?,23-,24-/m1/s1. The molecule has 2 aliphatic heterocycles. The van der Waals surface area contributed by atoms with Crippen LogP contribution in [0.3, 0.4) is 0 Å². The highest BCUT2D eigenvalue weighted by Crippen LogP contribution is 2.41. The predicted molar refractivity (Wildman–Crippen MR) is 122 cm³/mol. The number of rotatable bonds is 6. The number of carbonyl (C=O) groups excluding carboxylic acids is 1. The second-order valence-corrected chi connectivity index (χ2v) is 9.90. The number of nitrogens with one attached hydrogen (secondary N) is 1. The zero-order valence-electron chi connectivity index (χ0n) is 20.1. The molecule has 4 atom stereocenters. The van der Waals surface area contributed by atoms with Crippen LogP contribution in [0.25, 0.3) is 0 Å². The lowest BCUT2D eigenvalue weighted by Crippen LogP contribution is -2.70. The van der Waals surface area contributed by atoms with E-state index in [1.165, 1.54) is 6.92 Å². The van der Waals surface area contributed by atoms with Crippen molar-refractivity contribution in [3.8, 4) is 6.07 Å². The summed E-state index contributed by atoms with van der Waals surface area (Å²) in [5, 5.41) is 13.3. The molecule has 0 saturated carbocycles. The third kappa shape index (κ3) is 5.41. The van der Waals surface area contributed by atoms with Gasteiger partial charge in [-0.15, -0.1) is 0 Å². The molecular formula is C26H27F6N3O2. The van der Waals surface area contributed by atoms with Gasteiger partial charge in [0.1, 0.15) is 5.54 Å². The Hall–Kier alpha value is -2.84. The first-order chi connectivity index (χ1) is 17.3. The van der Waals surface area contributed by atoms with Crippen LogP contribution in [0.5, 0.6) is 0 Å². The van der Waals surface area contributed by atoms with E-state index in [1.54, 1.807) is 4.90 Å². The first-order valence-corrected chi connectivity index (χ1v) is 12.0. The zero-order chi connectivity index (χ0) is 27.1. The molecule has 37 heavy (non-hydrogen) atoms. The van der Waals surface area contributed by atoms with Crippen LogP contribution in [0.2, 0.25) is 0 Å². The van der Waals surface area contributed by atoms with Crippen molar-refractivity contribution in [2.45, 2.75) is 62.1 Å². The van der Waals surface area contributed by atoms with Gasteiger partial charge in [0.05, 0.1) is 29.9 Å². The molecule has 0 aromatic heterocycles. The number of halogens is 6. The number of nitrogens with zero attached hydrogens (tertiary/aromatic N) is 2. The van der Waals surface area contributed by atoms with Gasteiger partial charge in [-0.1, -0.05) is 24.3 Å². The summed E-state index contributed by atoms with van der Waals surface area (Å²) in [4.78, 5) is 13.6. The van der Waals surface area contributed by atoms with Crippen molar-refractivity contribution in [1.29, 1.82) is 5.26 Å². The Balaban J connectivity index is 1.57. The van der Waals surface area contributed by atoms with Crippen molar-refractivity contribution >= 4 is 5.91 Å². The quantitative estimate of drug-likeness (QED) is 0.389. The molecule has 0 bridgehead atoms. The molecule has 3 aliphatic rings. The van der Waals surface area contributed by atoms with Crippen molar-refractivity contribution in [3.63, 3.8) is 0 Å². The molecule has 1 aliphatic carbocycles. The van der Waals surface area contributed by atoms with Crippen molar-refractivity contribution in [2.75, 3.05) is 19.7 Å². The van der Waals surface area contributed by atoms with Crippen LogP contribution in [-0.2, 0) is 21.9 Å². The maximum absolute atomic E-state index is 13.3. The second-order valence-electron chi connectivity index (χ2n) is 9.90. The van der Waals surface area contributed by atoms with Crippen molar-refractivity contribution in [2.24, 2.45) is 5.92 Å². The molecule has 2 saturated heterocycles. The number of alkyl halides is 6. The van der Waals surface area contributed by atoms with E-state index >= 15 is 0 Å². The number of hydrogen-bond acceptors (Lipinski definition) is 4. The lowest BCUT2D eigenvalue weighted by molar-refractivity contribution is -0.148. The van der Waals surface area contributed by atoms with E-state index in [0.717, 1.165) is 0 Å². The summed E-state index contributed by atoms with van der Waals surface area (Å²) in [6.45, 7) is 2.09. The molecule has 1 amide bonds. The minimum atomic E-state index is -4.95. The minimum absolute atomic E-state index is 0.00986. The number of ether oxygens (including phenoxy) is 1. The largest absolute Gasteiger partial charge is 0.416 e. The molecule has 2 heterocycles. The van der Waals surface area contributed by atoms with Crippen LogP contribution in [0.15, 0.2) is 42.5 Å². The molecule has 4 rings (SSSR count). The molecular weight excluding hydrogens is 500 g/mol. The van der Waals surface area contributed by atoms with E-state index < -0.39 is 40.7 Å². The van der Waals surface area contributed by atoms with Gasteiger partial charge in [0, 0.05) is 31.0 Å². The van der Waals surface area contributed by atoms with Crippen LogP contribution in [0, 0.1) is 17.2 Å². The third-order valence-corrected chi connectivity index (χ3v) is 7.65. The molecule has 0 spiro atoms. The number of β-lactam (4-membered cyclic amide) rings is 1. The Morgan fingerprint density at radius 1 is 1.14 bits per heavy atom. The average Bonchev–Trinajstić information content (AvgIpc) is 2.86. The highest BCUT2D eigenvalue weighted by Gasteiger charge is 2.52. The Morgan fingerprint density at radius 3 is 2.24 bits per heavy atom. The number of hydrogen-bond donors (Lipinski definition) is 1. The summed E-state index contributed by atoms with van der Waals surface area (Å²) >= 11 is 0. The summed E-state index contributed by atoms with van der Waals surface area (Å²) in [7, 11) is 0. The summed E-state index contributed by atoms with van der Waals surface area (Å²) in [6.07, 6.45) is -1.44. The van der Waals surface area contributed by atoms with Crippen LogP contribution >= 0.6 is 0 Å². The normalized spacial score (nSPS) is 29.1. The van der Waals surface area contributed by atoms with Crippen molar-refractivity contribution in [1.82, 2.24) is 10.2 Å². The number of nitriles is 1. The van der Waals surface area contributed by atoms with E-state index in [9.17, 15) is 36.4 Å². The first kappa shape index (κ1) is 27.2. The highest BCUT2D eigenvalue weighted by atomic mass is 19.4. The minimum Gasteiger partial charge on any atom is -0.372 e. The van der Waals surface area contributed by atoms with Gasteiger partial charge in [0.25, 0.3) is 0 Å². The van der Waals surface area contributed by atoms with Gasteiger partial charge in [0.2, 0.25) is 5.91 Å². The van der Waals surface area contributed by atoms with Crippen LogP contribution in [0.4, 0.5) is 26.3 Å². The molecule has 1 N–H and O–H groups in total. The zero-order valence-corrected chi connectivity index (χ0v) is 20.1. The SMILES string of the molecule is C[C@@H](OC[C@@]1(C2C=CC=CC2)CC[C@](C#N)(N2CCC2=O)CN1)c1cc(C(F)(F)F)cc(C(F)(F)F)c1. The number of carbonyl (C=O) groups is 1. The Labute approximate surface area is 210 Å². The molecule has 1 aromatic rings. The number of piperidine rings is 1. The van der Waals surface area contributed by atoms with E-state index in [1.807, 2.05) is 24.3 Å². The van der Waals surface area contributed by atoms with E-state index in [4.69, 9.17) is 4.74 Å². The van der Waals surface area contributed by atoms with Gasteiger partial charge in [0.15, 0.2) is 0 Å². The van der Waals surface area contributed by atoms with E-state index in [-0.39, 0.29) is 36.6 Å². The topological polar surface area (TPSA) is 65.4 Å². The van der Waals surface area contributed by atoms with Gasteiger partial charge in [-0.25, -0.2) is 0 Å². The fourth-order valence-corrected chi connectivity index (χ4v) is 5.20. The lowest BCUT2D eigenvalue weighted by Gasteiger charge is -2.53. The summed E-state index contributed by atoms with van der Waals surface area (Å²) in [5.74, 6) is -0.174. The van der Waals surface area contributed by atoms with Gasteiger partial charge >= 0.3 is 12.4 Å². The third-order valence-electron chi connectivity index (χ3n) is 7.65. The Kier molecular flexibility index (Phi) is 7.20. The van der Waals surface area contributed by atoms with Crippen LogP contribution < -0.4 is 5.32 Å². The second kappa shape index (κ2) is 9.80. The Bertz CT molecular complexity index is 1090. The van der Waals surface area contributed by atoms with Crippen molar-refractivity contribution in [3.05, 3.63) is 59.2 Å². The van der Waals surface area contributed by atoms with Gasteiger partial charge in [-0.3, -0.25) is 4.79 Å². The van der Waals surface area contributed by atoms with Gasteiger partial charge < -0.3 is 15.0 Å². The number of likely N-dealkylation sites (tertiary alicyclic amines) is 1. The summed E-state index contributed by atoms with van der Waals surface area (Å²) in [5.41, 5.74) is -4.74. The number of allylic oxidation sites excluding steroid dienone is 3. The molecule has 5 nitrogen and oxygen atoms in total. The van der Waals surface area contributed by atoms with E-state index in [2.05, 4.69) is 11.4 Å². The summed E-state index contributed by atoms with van der Waals surface area (Å²) in [6, 6.07) is 3.74. The molecule has 2 fully saturated rings. The number of benzene rings is 1. The molecule has 11 heteroatoms. The fourth-order valence-electron chi connectivity index (χ4n) is 5.20. The molecule has 200 valence electrons. The lowest BCUT2D eigenvalue weighted by atomic mass is 9.70. The van der Waals surface area contributed by atoms with Gasteiger partial charge in [-0.05, 0) is 49.9 Å². The smallest absolute Gasteiger partial charge is 0.372 e. The fraction of sp³-hybridized carbons (Fsp3) is 0.538. The van der Waals surface area contributed by atoms with Crippen molar-refractivity contribution < 1.29 is 35.9 Å². The maximum Gasteiger partial charge on any atom is 0.416 e. The van der Waals surface area contributed by atoms with Crippen LogP contribution in [0.1, 0.15) is 55.4 Å². The van der Waals surface area contributed by atoms with E-state index in [0.29, 0.717) is 44.4 Å². The Morgan fingerprint density at radius 2 is 1.81 bits per heavy atom. The highest BCUT2D eigenvalue weighted by molar-refractivity contribution is 5.83. The van der Waals surface area contributed by atoms with Gasteiger partial charge in [-0.2, -0.15) is 31.6 Å². The predicted octanol–water partition coefficient (Wildman–Crippen LogP) is 5.55. The number of amides is 1. The van der Waals surface area contributed by atoms with Crippen LogP contribution in [-0.4, -0.2) is 41.6 Å². The molecule has 0 radical (unpaired) electrons. The monoisotopic (exact) mass is 527 g/mol. The summed E-state index contributed by atoms with van der Waals surface area (Å²) < 4.78 is 85.9. The maximum atomic E-state index is 13.3. The molecule has 1 aromatic carbocycles.